The molecule has 0 aliphatic heterocycles. The standard InChI is InChI=1S/C11H9FO3S/c1-15-16(13,14)11-5-3-8-6-10(12)4-2-9(8)7-11/h2-7H,1H3. The molecule has 0 bridgehead atoms. The maximum atomic E-state index is 12.9. The van der Waals surface area contributed by atoms with Gasteiger partial charge in [0.15, 0.2) is 0 Å². The molecule has 0 aliphatic rings. The van der Waals surface area contributed by atoms with Crippen LogP contribution in [0.25, 0.3) is 10.8 Å². The van der Waals surface area contributed by atoms with E-state index < -0.39 is 10.1 Å². The summed E-state index contributed by atoms with van der Waals surface area (Å²) < 4.78 is 40.1. The molecule has 0 N–H and O–H groups in total. The number of rotatable bonds is 2. The molecule has 84 valence electrons. The molecule has 0 amide bonds. The van der Waals surface area contributed by atoms with E-state index in [1.807, 2.05) is 0 Å². The molecule has 0 fully saturated rings. The van der Waals surface area contributed by atoms with Crippen LogP contribution >= 0.6 is 0 Å². The van der Waals surface area contributed by atoms with Gasteiger partial charge < -0.3 is 0 Å². The Morgan fingerprint density at radius 3 is 2.38 bits per heavy atom. The summed E-state index contributed by atoms with van der Waals surface area (Å²) in [5.74, 6) is -0.352. The molecule has 2 aromatic carbocycles. The summed E-state index contributed by atoms with van der Waals surface area (Å²) in [6.45, 7) is 0. The third kappa shape index (κ3) is 1.91. The van der Waals surface area contributed by atoms with Crippen molar-refractivity contribution in [3.63, 3.8) is 0 Å². The van der Waals surface area contributed by atoms with Gasteiger partial charge in [-0.2, -0.15) is 8.42 Å². The lowest BCUT2D eigenvalue weighted by Gasteiger charge is -2.03. The lowest BCUT2D eigenvalue weighted by atomic mass is 10.1. The summed E-state index contributed by atoms with van der Waals surface area (Å²) in [4.78, 5) is 0.0640. The van der Waals surface area contributed by atoms with Crippen molar-refractivity contribution in [1.29, 1.82) is 0 Å². The van der Waals surface area contributed by atoms with Crippen LogP contribution < -0.4 is 0 Å². The first kappa shape index (κ1) is 11.0. The molecule has 0 saturated carbocycles. The molecule has 0 aromatic heterocycles. The SMILES string of the molecule is COS(=O)(=O)c1ccc2cc(F)ccc2c1. The summed E-state index contributed by atoms with van der Waals surface area (Å²) in [5, 5.41) is 1.30. The monoisotopic (exact) mass is 240 g/mol. The smallest absolute Gasteiger partial charge is 0.270 e. The molecule has 0 spiro atoms. The summed E-state index contributed by atoms with van der Waals surface area (Å²) in [5.41, 5.74) is 0. The van der Waals surface area contributed by atoms with E-state index in [2.05, 4.69) is 4.18 Å². The largest absolute Gasteiger partial charge is 0.296 e. The molecule has 0 radical (unpaired) electrons. The van der Waals surface area contributed by atoms with Gasteiger partial charge in [-0.05, 0) is 35.0 Å². The van der Waals surface area contributed by atoms with Crippen LogP contribution in [-0.2, 0) is 14.3 Å². The zero-order valence-corrected chi connectivity index (χ0v) is 9.29. The van der Waals surface area contributed by atoms with Gasteiger partial charge in [0.2, 0.25) is 0 Å². The molecule has 2 aromatic rings. The molecule has 0 atom stereocenters. The van der Waals surface area contributed by atoms with Gasteiger partial charge in [-0.15, -0.1) is 0 Å². The fourth-order valence-electron chi connectivity index (χ4n) is 1.45. The molecule has 0 aliphatic carbocycles. The second-order valence-corrected chi connectivity index (χ2v) is 4.99. The lowest BCUT2D eigenvalue weighted by molar-refractivity contribution is 0.398. The number of halogens is 1. The minimum Gasteiger partial charge on any atom is -0.270 e. The maximum absolute atomic E-state index is 12.9. The Morgan fingerprint density at radius 2 is 1.69 bits per heavy atom. The molecule has 2 rings (SSSR count). The van der Waals surface area contributed by atoms with Crippen molar-refractivity contribution in [3.8, 4) is 0 Å². The molecular formula is C11H9FO3S. The topological polar surface area (TPSA) is 43.4 Å². The van der Waals surface area contributed by atoms with Crippen LogP contribution in [0, 0.1) is 5.82 Å². The second-order valence-electron chi connectivity index (χ2n) is 3.27. The van der Waals surface area contributed by atoms with Gasteiger partial charge in [0.05, 0.1) is 12.0 Å². The van der Waals surface area contributed by atoms with Crippen LogP contribution in [0.3, 0.4) is 0 Å². The normalized spacial score (nSPS) is 11.9. The summed E-state index contributed by atoms with van der Waals surface area (Å²) >= 11 is 0. The van der Waals surface area contributed by atoms with Crippen molar-refractivity contribution in [3.05, 3.63) is 42.2 Å². The van der Waals surface area contributed by atoms with Crippen LogP contribution in [0.15, 0.2) is 41.3 Å². The van der Waals surface area contributed by atoms with Crippen LogP contribution in [0.2, 0.25) is 0 Å². The zero-order valence-electron chi connectivity index (χ0n) is 8.48. The quantitative estimate of drug-likeness (QED) is 0.756. The highest BCUT2D eigenvalue weighted by molar-refractivity contribution is 7.86. The Labute approximate surface area is 92.6 Å². The van der Waals surface area contributed by atoms with E-state index in [-0.39, 0.29) is 10.7 Å². The minimum absolute atomic E-state index is 0.0640. The van der Waals surface area contributed by atoms with Crippen molar-refractivity contribution >= 4 is 20.9 Å². The van der Waals surface area contributed by atoms with Crippen molar-refractivity contribution in [2.45, 2.75) is 4.90 Å². The molecule has 5 heteroatoms. The van der Waals surface area contributed by atoms with E-state index in [0.717, 1.165) is 7.11 Å². The molecule has 3 nitrogen and oxygen atoms in total. The van der Waals surface area contributed by atoms with Gasteiger partial charge >= 0.3 is 0 Å². The van der Waals surface area contributed by atoms with Gasteiger partial charge in [-0.3, -0.25) is 4.18 Å². The van der Waals surface area contributed by atoms with Crippen LogP contribution in [0.4, 0.5) is 4.39 Å². The van der Waals surface area contributed by atoms with E-state index >= 15 is 0 Å². The van der Waals surface area contributed by atoms with Gasteiger partial charge in [-0.1, -0.05) is 12.1 Å². The maximum Gasteiger partial charge on any atom is 0.296 e. The Kier molecular flexibility index (Phi) is 2.65. The van der Waals surface area contributed by atoms with Crippen molar-refractivity contribution in [1.82, 2.24) is 0 Å². The number of hydrogen-bond acceptors (Lipinski definition) is 3. The third-order valence-corrected chi connectivity index (χ3v) is 3.55. The van der Waals surface area contributed by atoms with Crippen molar-refractivity contribution < 1.29 is 17.0 Å². The van der Waals surface area contributed by atoms with Crippen molar-refractivity contribution in [2.24, 2.45) is 0 Å². The highest BCUT2D eigenvalue weighted by Gasteiger charge is 2.12. The van der Waals surface area contributed by atoms with Crippen LogP contribution in [0.5, 0.6) is 0 Å². The fraction of sp³-hybridized carbons (Fsp3) is 0.0909. The Hall–Kier alpha value is -1.46. The Morgan fingerprint density at radius 1 is 1.06 bits per heavy atom. The van der Waals surface area contributed by atoms with E-state index in [9.17, 15) is 12.8 Å². The predicted octanol–water partition coefficient (Wildman–Crippen LogP) is 2.31. The van der Waals surface area contributed by atoms with Gasteiger partial charge in [-0.25, -0.2) is 4.39 Å². The molecule has 0 unspecified atom stereocenters. The second kappa shape index (κ2) is 3.84. The van der Waals surface area contributed by atoms with Crippen LogP contribution in [0.1, 0.15) is 0 Å². The van der Waals surface area contributed by atoms with Gasteiger partial charge in [0.25, 0.3) is 10.1 Å². The average Bonchev–Trinajstić information content (AvgIpc) is 2.28. The van der Waals surface area contributed by atoms with Gasteiger partial charge in [0, 0.05) is 0 Å². The molecule has 16 heavy (non-hydrogen) atoms. The molecule has 0 heterocycles. The van der Waals surface area contributed by atoms with Crippen molar-refractivity contribution in [2.75, 3.05) is 7.11 Å². The first-order valence-corrected chi connectivity index (χ1v) is 5.94. The first-order chi connectivity index (χ1) is 7.53. The highest BCUT2D eigenvalue weighted by atomic mass is 32.2. The summed E-state index contributed by atoms with van der Waals surface area (Å²) in [7, 11) is -2.59. The fourth-order valence-corrected chi connectivity index (χ4v) is 2.14. The molecular weight excluding hydrogens is 231 g/mol. The third-order valence-electron chi connectivity index (χ3n) is 2.28. The molecule has 0 saturated heterocycles. The Balaban J connectivity index is 2.66. The predicted molar refractivity (Wildman–Crippen MR) is 58.1 cm³/mol. The highest BCUT2D eigenvalue weighted by Crippen LogP contribution is 2.20. The number of hydrogen-bond donors (Lipinski definition) is 0. The first-order valence-electron chi connectivity index (χ1n) is 4.53. The number of fused-ring (bicyclic) bond motifs is 1. The number of benzene rings is 2. The van der Waals surface area contributed by atoms with E-state index in [1.54, 1.807) is 6.07 Å². The lowest BCUT2D eigenvalue weighted by Crippen LogP contribution is -2.02. The summed E-state index contributed by atoms with van der Waals surface area (Å²) in [6.07, 6.45) is 0. The van der Waals surface area contributed by atoms with E-state index in [0.29, 0.717) is 10.8 Å². The van der Waals surface area contributed by atoms with Crippen LogP contribution in [-0.4, -0.2) is 15.5 Å². The summed E-state index contributed by atoms with van der Waals surface area (Å²) in [6, 6.07) is 8.54. The van der Waals surface area contributed by atoms with E-state index in [4.69, 9.17) is 0 Å². The van der Waals surface area contributed by atoms with Gasteiger partial charge in [0.1, 0.15) is 5.82 Å². The zero-order chi connectivity index (χ0) is 11.8. The Bertz CT molecular complexity index is 635. The minimum atomic E-state index is -3.69. The van der Waals surface area contributed by atoms with E-state index in [1.165, 1.54) is 30.3 Å². The average molecular weight is 240 g/mol.